The molecule has 3 nitrogen and oxygen atoms in total. The predicted octanol–water partition coefficient (Wildman–Crippen LogP) is 3.75. The summed E-state index contributed by atoms with van der Waals surface area (Å²) in [6.45, 7) is 8.43. The van der Waals surface area contributed by atoms with Crippen molar-refractivity contribution in [2.24, 2.45) is 0 Å². The Labute approximate surface area is 127 Å². The molecule has 0 saturated heterocycles. The van der Waals surface area contributed by atoms with Crippen LogP contribution in [0.5, 0.6) is 11.5 Å². The first kappa shape index (κ1) is 17.3. The molecule has 2 aromatic rings. The monoisotopic (exact) mass is 286 g/mol. The van der Waals surface area contributed by atoms with Gasteiger partial charge in [0.05, 0.1) is 6.61 Å². The highest BCUT2D eigenvalue weighted by molar-refractivity contribution is 6.61. The Morgan fingerprint density at radius 3 is 2.29 bits per heavy atom. The number of rotatable bonds is 2. The van der Waals surface area contributed by atoms with Gasteiger partial charge in [-0.2, -0.15) is 0 Å². The molecule has 1 N–H and O–H groups in total. The number of hydrogen-bond acceptors (Lipinski definition) is 3. The Balaban J connectivity index is 0.000000510. The van der Waals surface area contributed by atoms with Gasteiger partial charge in [0.2, 0.25) is 0 Å². The van der Waals surface area contributed by atoms with E-state index in [0.717, 1.165) is 22.5 Å². The van der Waals surface area contributed by atoms with Gasteiger partial charge in [-0.15, -0.1) is 0 Å². The molecule has 0 unspecified atom stereocenters. The summed E-state index contributed by atoms with van der Waals surface area (Å²) < 4.78 is 10.8. The van der Waals surface area contributed by atoms with Crippen molar-refractivity contribution >= 4 is 12.6 Å². The van der Waals surface area contributed by atoms with Crippen LogP contribution in [0.25, 0.3) is 0 Å². The fraction of sp³-hybridized carbons (Fsp3) is 0.294. The molecule has 112 valence electrons. The van der Waals surface area contributed by atoms with Gasteiger partial charge < -0.3 is 14.4 Å². The molecule has 21 heavy (non-hydrogen) atoms. The van der Waals surface area contributed by atoms with E-state index in [0.29, 0.717) is 6.61 Å². The smallest absolute Gasteiger partial charge is 0.457 e. The van der Waals surface area contributed by atoms with Crippen LogP contribution >= 0.6 is 0 Å². The van der Waals surface area contributed by atoms with Crippen molar-refractivity contribution in [1.82, 2.24) is 0 Å². The lowest BCUT2D eigenvalue weighted by molar-refractivity contribution is 0.275. The number of fused-ring (bicyclic) bond motifs is 1. The first-order chi connectivity index (χ1) is 10.3. The van der Waals surface area contributed by atoms with Gasteiger partial charge in [-0.3, -0.25) is 0 Å². The average Bonchev–Trinajstić information content (AvgIpc) is 2.93. The highest BCUT2D eigenvalue weighted by atomic mass is 16.5. The van der Waals surface area contributed by atoms with Crippen LogP contribution in [0.1, 0.15) is 33.3 Å². The van der Waals surface area contributed by atoms with Crippen LogP contribution in [0.3, 0.4) is 0 Å². The minimum Gasteiger partial charge on any atom is -0.457 e. The highest BCUT2D eigenvalue weighted by Gasteiger charge is 2.27. The molecule has 0 spiro atoms. The second kappa shape index (κ2) is 9.21. The summed E-state index contributed by atoms with van der Waals surface area (Å²) in [5.74, 6) is 1.56. The van der Waals surface area contributed by atoms with Crippen LogP contribution in [-0.2, 0) is 11.3 Å². The van der Waals surface area contributed by atoms with E-state index in [1.165, 1.54) is 0 Å². The van der Waals surface area contributed by atoms with Crippen LogP contribution < -0.4 is 10.2 Å². The molecule has 1 aliphatic heterocycles. The Morgan fingerprint density at radius 1 is 0.952 bits per heavy atom. The Kier molecular flexibility index (Phi) is 7.58. The van der Waals surface area contributed by atoms with Gasteiger partial charge in [0.25, 0.3) is 0 Å². The van der Waals surface area contributed by atoms with Crippen molar-refractivity contribution in [3.05, 3.63) is 54.1 Å². The van der Waals surface area contributed by atoms with Crippen molar-refractivity contribution in [2.75, 3.05) is 0 Å². The maximum absolute atomic E-state index is 9.50. The molecule has 0 aliphatic carbocycles. The minimum absolute atomic E-state index is 0.433. The summed E-state index contributed by atoms with van der Waals surface area (Å²) in [4.78, 5) is 0. The lowest BCUT2D eigenvalue weighted by Gasteiger charge is -2.06. The predicted molar refractivity (Wildman–Crippen MR) is 88.0 cm³/mol. The normalized spacial score (nSPS) is 11.6. The van der Waals surface area contributed by atoms with E-state index in [1.807, 2.05) is 76.2 Å². The topological polar surface area (TPSA) is 38.7 Å². The molecule has 0 fully saturated rings. The van der Waals surface area contributed by atoms with E-state index >= 15 is 0 Å². The molecule has 0 bridgehead atoms. The first-order valence-electron chi connectivity index (χ1n) is 7.48. The van der Waals surface area contributed by atoms with Crippen LogP contribution in [0, 0.1) is 0 Å². The molecule has 1 heterocycles. The van der Waals surface area contributed by atoms with E-state index in [4.69, 9.17) is 9.39 Å². The molecular weight excluding hydrogens is 263 g/mol. The van der Waals surface area contributed by atoms with Crippen LogP contribution in [0.4, 0.5) is 0 Å². The molecule has 0 radical (unpaired) electrons. The summed E-state index contributed by atoms with van der Waals surface area (Å²) >= 11 is 0. The fourth-order valence-electron chi connectivity index (χ4n) is 1.89. The second-order valence-corrected chi connectivity index (χ2v) is 3.94. The van der Waals surface area contributed by atoms with Crippen molar-refractivity contribution < 1.29 is 14.4 Å². The molecular formula is C17H23BO3. The maximum atomic E-state index is 9.50. The van der Waals surface area contributed by atoms with E-state index in [-0.39, 0.29) is 0 Å². The Bertz CT molecular complexity index is 529. The summed E-state index contributed by atoms with van der Waals surface area (Å²) in [6, 6.07) is 15.2. The zero-order valence-corrected chi connectivity index (χ0v) is 13.2. The number of benzene rings is 2. The Hall–Kier alpha value is -1.78. The zero-order valence-electron chi connectivity index (χ0n) is 13.2. The third kappa shape index (κ3) is 4.62. The third-order valence-corrected chi connectivity index (χ3v) is 2.76. The largest absolute Gasteiger partial charge is 0.491 e. The lowest BCUT2D eigenvalue weighted by Crippen LogP contribution is -2.27. The van der Waals surface area contributed by atoms with Gasteiger partial charge in [-0.05, 0) is 35.3 Å². The van der Waals surface area contributed by atoms with E-state index < -0.39 is 7.12 Å². The third-order valence-electron chi connectivity index (χ3n) is 2.76. The van der Waals surface area contributed by atoms with Gasteiger partial charge in [0.1, 0.15) is 11.5 Å². The fourth-order valence-corrected chi connectivity index (χ4v) is 1.89. The molecule has 0 saturated carbocycles. The average molecular weight is 286 g/mol. The molecule has 1 aliphatic rings. The van der Waals surface area contributed by atoms with Gasteiger partial charge in [0, 0.05) is 0 Å². The van der Waals surface area contributed by atoms with Crippen LogP contribution in [-0.4, -0.2) is 12.1 Å². The molecule has 2 aromatic carbocycles. The van der Waals surface area contributed by atoms with Gasteiger partial charge in [-0.25, -0.2) is 0 Å². The molecule has 0 amide bonds. The number of hydrogen-bond donors (Lipinski definition) is 1. The number of ether oxygens (including phenoxy) is 1. The van der Waals surface area contributed by atoms with Crippen molar-refractivity contribution in [1.29, 1.82) is 0 Å². The van der Waals surface area contributed by atoms with E-state index in [2.05, 4.69) is 0 Å². The molecule has 3 rings (SSSR count). The molecule has 0 aromatic heterocycles. The standard InChI is InChI=1S/C13H11BO3.2C2H6/c15-14-13-7-6-12(8-10(13)9-16-14)17-11-4-2-1-3-5-11;2*1-2/h1-8,15H,9H2;2*1-2H3. The SMILES string of the molecule is CC.CC.OB1OCc2cc(Oc3ccccc3)ccc21. The summed E-state index contributed by atoms with van der Waals surface area (Å²) in [6.07, 6.45) is 0. The Morgan fingerprint density at radius 2 is 1.62 bits per heavy atom. The zero-order chi connectivity index (χ0) is 15.7. The van der Waals surface area contributed by atoms with Crippen molar-refractivity contribution in [2.45, 2.75) is 34.3 Å². The summed E-state index contributed by atoms with van der Waals surface area (Å²) in [7, 11) is -0.796. The maximum Gasteiger partial charge on any atom is 0.491 e. The second-order valence-electron chi connectivity index (χ2n) is 3.94. The summed E-state index contributed by atoms with van der Waals surface area (Å²) in [5.41, 5.74) is 1.80. The van der Waals surface area contributed by atoms with E-state index in [1.54, 1.807) is 0 Å². The van der Waals surface area contributed by atoms with E-state index in [9.17, 15) is 5.02 Å². The minimum atomic E-state index is -0.796. The molecule has 0 atom stereocenters. The van der Waals surface area contributed by atoms with Gasteiger partial charge >= 0.3 is 7.12 Å². The molecule has 4 heteroatoms. The first-order valence-corrected chi connectivity index (χ1v) is 7.48. The highest BCUT2D eigenvalue weighted by Crippen LogP contribution is 2.23. The summed E-state index contributed by atoms with van der Waals surface area (Å²) in [5, 5.41) is 9.50. The quantitative estimate of drug-likeness (QED) is 0.854. The van der Waals surface area contributed by atoms with Crippen LogP contribution in [0.15, 0.2) is 48.5 Å². The lowest BCUT2D eigenvalue weighted by atomic mass is 9.80. The van der Waals surface area contributed by atoms with Crippen LogP contribution in [0.2, 0.25) is 0 Å². The number of para-hydroxylation sites is 1. The van der Waals surface area contributed by atoms with Gasteiger partial charge in [0.15, 0.2) is 0 Å². The van der Waals surface area contributed by atoms with Crippen molar-refractivity contribution in [3.63, 3.8) is 0 Å². The van der Waals surface area contributed by atoms with Crippen molar-refractivity contribution in [3.8, 4) is 11.5 Å². The van der Waals surface area contributed by atoms with Gasteiger partial charge in [-0.1, -0.05) is 52.0 Å².